The summed E-state index contributed by atoms with van der Waals surface area (Å²) in [4.78, 5) is 25.8. The monoisotopic (exact) mass is 535 g/mol. The summed E-state index contributed by atoms with van der Waals surface area (Å²) in [6.07, 6.45) is -2.10. The Kier molecular flexibility index (Phi) is 6.26. The molecule has 1 N–H and O–H groups in total. The number of amides is 1. The Bertz CT molecular complexity index is 1410. The normalized spacial score (nSPS) is 24.0. The number of halogens is 2. The first-order valence-corrected chi connectivity index (χ1v) is 12.9. The van der Waals surface area contributed by atoms with Crippen LogP contribution in [-0.4, -0.2) is 31.3 Å². The molecule has 2 fully saturated rings. The van der Waals surface area contributed by atoms with Crippen LogP contribution in [0.4, 0.5) is 8.78 Å². The zero-order valence-corrected chi connectivity index (χ0v) is 21.2. The van der Waals surface area contributed by atoms with Gasteiger partial charge < -0.3 is 24.3 Å². The molecule has 3 aliphatic rings. The zero-order chi connectivity index (χ0) is 27.2. The molecule has 2 aliphatic heterocycles. The van der Waals surface area contributed by atoms with Gasteiger partial charge in [-0.25, -0.2) is 4.79 Å². The molecule has 6 rings (SSSR count). The molecular weight excluding hydrogens is 508 g/mol. The Morgan fingerprint density at radius 2 is 1.56 bits per heavy atom. The highest BCUT2D eigenvalue weighted by molar-refractivity contribution is 5.92. The third-order valence-electron chi connectivity index (χ3n) is 7.65. The number of carbonyl (C=O) groups excluding carboxylic acids is 2. The van der Waals surface area contributed by atoms with Gasteiger partial charge >= 0.3 is 12.3 Å². The molecule has 2 heterocycles. The molecule has 0 spiro atoms. The van der Waals surface area contributed by atoms with Gasteiger partial charge in [0, 0.05) is 6.04 Å². The minimum atomic E-state index is -3.71. The summed E-state index contributed by atoms with van der Waals surface area (Å²) in [5.74, 6) is -0.715. The number of methoxy groups -OCH3 is 1. The quantitative estimate of drug-likeness (QED) is 0.414. The molecule has 1 saturated carbocycles. The minimum Gasteiger partial charge on any atom is -0.465 e. The van der Waals surface area contributed by atoms with E-state index in [1.54, 1.807) is 24.3 Å². The van der Waals surface area contributed by atoms with E-state index in [-0.39, 0.29) is 35.7 Å². The number of nitrogens with one attached hydrogen (secondary N) is 1. The van der Waals surface area contributed by atoms with E-state index in [4.69, 9.17) is 9.47 Å². The van der Waals surface area contributed by atoms with Crippen molar-refractivity contribution < 1.29 is 37.3 Å². The van der Waals surface area contributed by atoms with Crippen LogP contribution < -0.4 is 14.8 Å². The van der Waals surface area contributed by atoms with Crippen molar-refractivity contribution in [2.45, 2.75) is 55.6 Å². The van der Waals surface area contributed by atoms with Gasteiger partial charge in [0.2, 0.25) is 5.91 Å². The maximum absolute atomic E-state index is 13.7. The first-order valence-electron chi connectivity index (χ1n) is 12.9. The lowest BCUT2D eigenvalue weighted by atomic mass is 9.89. The summed E-state index contributed by atoms with van der Waals surface area (Å²) >= 11 is 0. The Labute approximate surface area is 224 Å². The Hall–Kier alpha value is -3.98. The minimum absolute atomic E-state index is 0.0490. The van der Waals surface area contributed by atoms with Gasteiger partial charge in [-0.3, -0.25) is 4.79 Å². The Morgan fingerprint density at radius 1 is 0.872 bits per heavy atom. The Morgan fingerprint density at radius 3 is 2.28 bits per heavy atom. The number of rotatable bonds is 6. The second-order valence-corrected chi connectivity index (χ2v) is 10.2. The molecule has 202 valence electrons. The molecule has 0 unspecified atom stereocenters. The number of hydrogen-bond acceptors (Lipinski definition) is 6. The zero-order valence-electron chi connectivity index (χ0n) is 21.2. The Balaban J connectivity index is 1.24. The molecule has 0 aromatic heterocycles. The van der Waals surface area contributed by atoms with Crippen molar-refractivity contribution in [1.82, 2.24) is 5.32 Å². The number of carbonyl (C=O) groups is 2. The molecule has 0 radical (unpaired) electrons. The van der Waals surface area contributed by atoms with E-state index in [1.807, 2.05) is 36.4 Å². The van der Waals surface area contributed by atoms with E-state index in [9.17, 15) is 18.4 Å². The van der Waals surface area contributed by atoms with Gasteiger partial charge in [0.1, 0.15) is 0 Å². The fourth-order valence-electron chi connectivity index (χ4n) is 5.46. The van der Waals surface area contributed by atoms with Gasteiger partial charge in [-0.1, -0.05) is 48.5 Å². The number of benzene rings is 3. The number of alkyl halides is 2. The van der Waals surface area contributed by atoms with E-state index < -0.39 is 17.7 Å². The highest BCUT2D eigenvalue weighted by Crippen LogP contribution is 2.52. The van der Waals surface area contributed by atoms with Crippen LogP contribution in [0.3, 0.4) is 0 Å². The van der Waals surface area contributed by atoms with E-state index >= 15 is 0 Å². The van der Waals surface area contributed by atoms with E-state index in [0.717, 1.165) is 11.1 Å². The molecule has 1 saturated heterocycles. The summed E-state index contributed by atoms with van der Waals surface area (Å²) in [5, 5.41) is 3.22. The van der Waals surface area contributed by atoms with Gasteiger partial charge in [0.05, 0.1) is 30.3 Å². The lowest BCUT2D eigenvalue weighted by molar-refractivity contribution is -0.286. The maximum Gasteiger partial charge on any atom is 0.586 e. The van der Waals surface area contributed by atoms with Gasteiger partial charge in [0.15, 0.2) is 11.5 Å². The van der Waals surface area contributed by atoms with Crippen LogP contribution in [0.2, 0.25) is 0 Å². The van der Waals surface area contributed by atoms with Gasteiger partial charge in [-0.05, 0) is 66.6 Å². The van der Waals surface area contributed by atoms with E-state index in [2.05, 4.69) is 14.8 Å². The molecule has 3 atom stereocenters. The number of ether oxygens (including phenoxy) is 4. The fraction of sp³-hybridized carbons (Fsp3) is 0.333. The van der Waals surface area contributed by atoms with Crippen LogP contribution in [0.15, 0.2) is 72.8 Å². The summed E-state index contributed by atoms with van der Waals surface area (Å²) < 4.78 is 47.5. The lowest BCUT2D eigenvalue weighted by Crippen LogP contribution is -2.45. The third kappa shape index (κ3) is 4.94. The van der Waals surface area contributed by atoms with Gasteiger partial charge in [-0.15, -0.1) is 8.78 Å². The average molecular weight is 536 g/mol. The average Bonchev–Trinajstić information content (AvgIpc) is 3.70. The second kappa shape index (κ2) is 9.64. The summed E-state index contributed by atoms with van der Waals surface area (Å²) in [5.41, 5.74) is 2.04. The van der Waals surface area contributed by atoms with Crippen molar-refractivity contribution in [2.75, 3.05) is 7.11 Å². The first kappa shape index (κ1) is 25.3. The highest BCUT2D eigenvalue weighted by atomic mass is 19.3. The van der Waals surface area contributed by atoms with Crippen LogP contribution in [0, 0.1) is 0 Å². The predicted octanol–water partition coefficient (Wildman–Crippen LogP) is 5.60. The number of fused-ring (bicyclic) bond motifs is 1. The van der Waals surface area contributed by atoms with Crippen molar-refractivity contribution in [1.29, 1.82) is 0 Å². The first-order chi connectivity index (χ1) is 18.8. The molecular formula is C30H27F2NO6. The lowest BCUT2D eigenvalue weighted by Gasteiger charge is -2.37. The van der Waals surface area contributed by atoms with Crippen LogP contribution >= 0.6 is 0 Å². The fourth-order valence-corrected chi connectivity index (χ4v) is 5.46. The van der Waals surface area contributed by atoms with E-state index in [0.29, 0.717) is 36.8 Å². The van der Waals surface area contributed by atoms with Crippen LogP contribution in [0.1, 0.15) is 64.9 Å². The standard InChI is InChI=1S/C30H27F2NO6/c1-36-27(34)20-9-5-8-19(14-20)25-17-22(16-24(37-25)18-6-3-2-4-7-18)33-28(35)29(12-13-29)21-10-11-23-26(15-21)39-30(31,32)38-23/h2-11,14-15,22,24-25H,12-13,16-17H2,1H3,(H,33,35)/t22-,24-,25+/m0/s1. The summed E-state index contributed by atoms with van der Waals surface area (Å²) in [6.45, 7) is 0. The maximum atomic E-state index is 13.7. The van der Waals surface area contributed by atoms with Crippen LogP contribution in [-0.2, 0) is 19.7 Å². The molecule has 7 nitrogen and oxygen atoms in total. The van der Waals surface area contributed by atoms with Gasteiger partial charge in [-0.2, -0.15) is 0 Å². The van der Waals surface area contributed by atoms with Crippen molar-refractivity contribution in [3.05, 3.63) is 95.1 Å². The second-order valence-electron chi connectivity index (χ2n) is 10.2. The van der Waals surface area contributed by atoms with Crippen molar-refractivity contribution >= 4 is 11.9 Å². The van der Waals surface area contributed by atoms with E-state index in [1.165, 1.54) is 19.2 Å². The van der Waals surface area contributed by atoms with Crippen molar-refractivity contribution in [2.24, 2.45) is 0 Å². The van der Waals surface area contributed by atoms with Gasteiger partial charge in [0.25, 0.3) is 0 Å². The SMILES string of the molecule is COC(=O)c1cccc([C@H]2C[C@@H](NC(=O)C3(c4ccc5c(c4)OC(F)(F)O5)CC3)C[C@@H](c3ccccc3)O2)c1. The molecule has 0 bridgehead atoms. The molecule has 1 amide bonds. The number of hydrogen-bond donors (Lipinski definition) is 1. The smallest absolute Gasteiger partial charge is 0.465 e. The summed E-state index contributed by atoms with van der Waals surface area (Å²) in [7, 11) is 1.34. The highest BCUT2D eigenvalue weighted by Gasteiger charge is 2.53. The third-order valence-corrected chi connectivity index (χ3v) is 7.65. The molecule has 9 heteroatoms. The molecule has 1 aliphatic carbocycles. The molecule has 3 aromatic rings. The largest absolute Gasteiger partial charge is 0.586 e. The van der Waals surface area contributed by atoms with Crippen LogP contribution in [0.25, 0.3) is 0 Å². The number of esters is 1. The summed E-state index contributed by atoms with van der Waals surface area (Å²) in [6, 6.07) is 21.2. The predicted molar refractivity (Wildman–Crippen MR) is 136 cm³/mol. The molecule has 3 aromatic carbocycles. The topological polar surface area (TPSA) is 83.1 Å². The molecule has 39 heavy (non-hydrogen) atoms. The van der Waals surface area contributed by atoms with Crippen molar-refractivity contribution in [3.8, 4) is 11.5 Å². The van der Waals surface area contributed by atoms with Crippen molar-refractivity contribution in [3.63, 3.8) is 0 Å². The van der Waals surface area contributed by atoms with Crippen LogP contribution in [0.5, 0.6) is 11.5 Å².